The Labute approximate surface area is 204 Å². The van der Waals surface area contributed by atoms with Crippen molar-refractivity contribution in [2.75, 3.05) is 25.4 Å². The van der Waals surface area contributed by atoms with Gasteiger partial charge in [0, 0.05) is 17.6 Å². The number of likely N-dealkylation sites (tertiary alicyclic amines) is 1. The Kier molecular flexibility index (Phi) is 8.85. The number of nitrogens with one attached hydrogen (secondary N) is 2. The van der Waals surface area contributed by atoms with E-state index in [1.807, 2.05) is 0 Å². The monoisotopic (exact) mass is 517 g/mol. The number of benzene rings is 1. The summed E-state index contributed by atoms with van der Waals surface area (Å²) in [6.07, 6.45) is -0.151. The van der Waals surface area contributed by atoms with Gasteiger partial charge in [0.05, 0.1) is 23.1 Å². The Hall–Kier alpha value is -2.14. The van der Waals surface area contributed by atoms with Crippen LogP contribution >= 0.6 is 0 Å². The van der Waals surface area contributed by atoms with E-state index in [4.69, 9.17) is 0 Å². The van der Waals surface area contributed by atoms with Gasteiger partial charge in [0.15, 0.2) is 9.84 Å². The number of halogens is 3. The highest BCUT2D eigenvalue weighted by atomic mass is 32.2. The molecule has 1 aliphatic heterocycles. The van der Waals surface area contributed by atoms with Gasteiger partial charge in [-0.1, -0.05) is 6.07 Å². The molecule has 1 heterocycles. The zero-order valence-electron chi connectivity index (χ0n) is 20.1. The number of sulfone groups is 1. The van der Waals surface area contributed by atoms with Gasteiger partial charge in [-0.2, -0.15) is 13.2 Å². The van der Waals surface area contributed by atoms with Crippen LogP contribution in [0, 0.1) is 5.92 Å². The van der Waals surface area contributed by atoms with Crippen LogP contribution in [-0.4, -0.2) is 67.9 Å². The van der Waals surface area contributed by atoms with Crippen LogP contribution in [0.2, 0.25) is 0 Å². The fourth-order valence-electron chi connectivity index (χ4n) is 4.90. The fraction of sp³-hybridized carbons (Fsp3) is 0.667. The van der Waals surface area contributed by atoms with E-state index in [2.05, 4.69) is 15.5 Å². The number of rotatable bonds is 8. The van der Waals surface area contributed by atoms with Crippen LogP contribution in [0.25, 0.3) is 0 Å². The summed E-state index contributed by atoms with van der Waals surface area (Å²) in [5, 5.41) is 4.71. The van der Waals surface area contributed by atoms with Gasteiger partial charge in [0.2, 0.25) is 5.91 Å². The summed E-state index contributed by atoms with van der Waals surface area (Å²) >= 11 is 0. The van der Waals surface area contributed by atoms with Gasteiger partial charge in [-0.25, -0.2) is 8.42 Å². The Morgan fingerprint density at radius 1 is 1.14 bits per heavy atom. The average molecular weight is 518 g/mol. The third-order valence-corrected chi connectivity index (χ3v) is 9.31. The predicted octanol–water partition coefficient (Wildman–Crippen LogP) is 3.01. The van der Waals surface area contributed by atoms with Crippen molar-refractivity contribution in [3.63, 3.8) is 0 Å². The molecule has 0 radical (unpaired) electrons. The molecule has 0 aromatic heterocycles. The normalized spacial score (nSPS) is 23.9. The van der Waals surface area contributed by atoms with Crippen molar-refractivity contribution in [1.29, 1.82) is 0 Å². The first-order valence-corrected chi connectivity index (χ1v) is 13.8. The highest BCUT2D eigenvalue weighted by Crippen LogP contribution is 2.32. The van der Waals surface area contributed by atoms with Crippen LogP contribution in [0.15, 0.2) is 24.3 Å². The summed E-state index contributed by atoms with van der Waals surface area (Å²) in [5.74, 6) is -1.55. The minimum atomic E-state index is -4.58. The minimum absolute atomic E-state index is 0.0173. The number of alkyl halides is 3. The molecule has 3 atom stereocenters. The van der Waals surface area contributed by atoms with Crippen LogP contribution in [0.1, 0.15) is 61.9 Å². The molecule has 1 saturated carbocycles. The highest BCUT2D eigenvalue weighted by molar-refractivity contribution is 7.91. The quantitative estimate of drug-likeness (QED) is 0.553. The summed E-state index contributed by atoms with van der Waals surface area (Å²) < 4.78 is 64.0. The van der Waals surface area contributed by atoms with Gasteiger partial charge in [-0.15, -0.1) is 0 Å². The largest absolute Gasteiger partial charge is 0.416 e. The Morgan fingerprint density at radius 3 is 2.46 bits per heavy atom. The second-order valence-corrected chi connectivity index (χ2v) is 12.4. The highest BCUT2D eigenvalue weighted by Gasteiger charge is 2.38. The zero-order valence-corrected chi connectivity index (χ0v) is 20.9. The van der Waals surface area contributed by atoms with Gasteiger partial charge in [0.25, 0.3) is 5.91 Å². The SMILES string of the molecule is CC(C)S(=O)(=O)C[C@@H]1C[C@H](N2CCCC2)CC[C@@H]1NC(=O)CNC(=O)c1cccc(C(F)(F)F)c1. The molecular formula is C24H34F3N3O4S. The van der Waals surface area contributed by atoms with Crippen LogP contribution in [-0.2, 0) is 20.8 Å². The standard InChI is InChI=1S/C24H34F3N3O4S/c1-16(2)35(33,34)15-18-13-20(30-10-3-4-11-30)8-9-21(18)29-22(31)14-28-23(32)17-6-5-7-19(12-17)24(25,26)27/h5-7,12,16,18,20-21H,3-4,8-11,13-15H2,1-2H3,(H,28,32)(H,29,31)/t18-,20+,21-/m0/s1. The minimum Gasteiger partial charge on any atom is -0.352 e. The molecule has 2 fully saturated rings. The van der Waals surface area contributed by atoms with Gasteiger partial charge in [-0.3, -0.25) is 9.59 Å². The lowest BCUT2D eigenvalue weighted by Crippen LogP contribution is -2.52. The van der Waals surface area contributed by atoms with Gasteiger partial charge >= 0.3 is 6.18 Å². The van der Waals surface area contributed by atoms with E-state index >= 15 is 0 Å². The number of hydrogen-bond donors (Lipinski definition) is 2. The van der Waals surface area contributed by atoms with Gasteiger partial charge < -0.3 is 15.5 Å². The van der Waals surface area contributed by atoms with E-state index < -0.39 is 45.2 Å². The molecule has 11 heteroatoms. The van der Waals surface area contributed by atoms with Crippen LogP contribution in [0.3, 0.4) is 0 Å². The summed E-state index contributed by atoms with van der Waals surface area (Å²) in [4.78, 5) is 27.3. The van der Waals surface area contributed by atoms with Crippen molar-refractivity contribution < 1.29 is 31.2 Å². The number of amides is 2. The molecule has 1 aromatic carbocycles. The smallest absolute Gasteiger partial charge is 0.352 e. The molecule has 3 rings (SSSR count). The van der Waals surface area contributed by atoms with Crippen molar-refractivity contribution in [3.8, 4) is 0 Å². The molecule has 0 bridgehead atoms. The van der Waals surface area contributed by atoms with E-state index in [0.29, 0.717) is 18.9 Å². The summed E-state index contributed by atoms with van der Waals surface area (Å²) in [6, 6.07) is 3.93. The van der Waals surface area contributed by atoms with Crippen molar-refractivity contribution in [3.05, 3.63) is 35.4 Å². The second kappa shape index (κ2) is 11.3. The Morgan fingerprint density at radius 2 is 1.83 bits per heavy atom. The molecule has 2 amide bonds. The molecule has 1 saturated heterocycles. The van der Waals surface area contributed by atoms with Gasteiger partial charge in [0.1, 0.15) is 0 Å². The maximum Gasteiger partial charge on any atom is 0.416 e. The first-order valence-electron chi connectivity index (χ1n) is 12.1. The van der Waals surface area contributed by atoms with Crippen LogP contribution in [0.4, 0.5) is 13.2 Å². The fourth-order valence-corrected chi connectivity index (χ4v) is 6.25. The Balaban J connectivity index is 1.61. The van der Waals surface area contributed by atoms with Crippen molar-refractivity contribution in [2.24, 2.45) is 5.92 Å². The molecule has 0 spiro atoms. The summed E-state index contributed by atoms with van der Waals surface area (Å²) in [6.45, 7) is 4.89. The Bertz CT molecular complexity index is 1010. The lowest BCUT2D eigenvalue weighted by molar-refractivity contribution is -0.137. The molecule has 7 nitrogen and oxygen atoms in total. The van der Waals surface area contributed by atoms with Gasteiger partial charge in [-0.05, 0) is 83.2 Å². The number of hydrogen-bond acceptors (Lipinski definition) is 5. The van der Waals surface area contributed by atoms with E-state index in [1.165, 1.54) is 6.07 Å². The maximum atomic E-state index is 12.9. The molecule has 1 aromatic rings. The second-order valence-electron chi connectivity index (χ2n) is 9.78. The van der Waals surface area contributed by atoms with E-state index in [9.17, 15) is 31.2 Å². The van der Waals surface area contributed by atoms with E-state index in [1.54, 1.807) is 13.8 Å². The lowest BCUT2D eigenvalue weighted by Gasteiger charge is -2.40. The van der Waals surface area contributed by atoms with Crippen molar-refractivity contribution >= 4 is 21.7 Å². The number of carbonyl (C=O) groups is 2. The molecule has 196 valence electrons. The van der Waals surface area contributed by atoms with Crippen molar-refractivity contribution in [1.82, 2.24) is 15.5 Å². The number of carbonyl (C=O) groups excluding carboxylic acids is 2. The van der Waals surface area contributed by atoms with E-state index in [-0.39, 0.29) is 23.3 Å². The molecule has 35 heavy (non-hydrogen) atoms. The topological polar surface area (TPSA) is 95.6 Å². The predicted molar refractivity (Wildman–Crippen MR) is 127 cm³/mol. The maximum absolute atomic E-state index is 12.9. The first kappa shape index (κ1) is 27.4. The third kappa shape index (κ3) is 7.42. The zero-order chi connectivity index (χ0) is 25.8. The summed E-state index contributed by atoms with van der Waals surface area (Å²) in [7, 11) is -3.32. The van der Waals surface area contributed by atoms with Crippen LogP contribution < -0.4 is 10.6 Å². The summed E-state index contributed by atoms with van der Waals surface area (Å²) in [5.41, 5.74) is -1.14. The van der Waals surface area contributed by atoms with Crippen molar-refractivity contribution in [2.45, 2.75) is 69.5 Å². The molecule has 2 N–H and O–H groups in total. The average Bonchev–Trinajstić information content (AvgIpc) is 3.33. The molecule has 2 aliphatic rings. The number of nitrogens with zero attached hydrogens (tertiary/aromatic N) is 1. The molecule has 1 aliphatic carbocycles. The van der Waals surface area contributed by atoms with Crippen LogP contribution in [0.5, 0.6) is 0 Å². The third-order valence-electron chi connectivity index (χ3n) is 6.98. The molecular weight excluding hydrogens is 483 g/mol. The first-order chi connectivity index (χ1) is 16.4. The lowest BCUT2D eigenvalue weighted by atomic mass is 9.82. The van der Waals surface area contributed by atoms with E-state index in [0.717, 1.165) is 50.6 Å². The molecule has 0 unspecified atom stereocenters.